The molecule has 9 nitrogen and oxygen atoms in total. The number of ether oxygens (including phenoxy) is 1. The van der Waals surface area contributed by atoms with E-state index < -0.39 is 11.9 Å². The van der Waals surface area contributed by atoms with Gasteiger partial charge in [-0.05, 0) is 50.0 Å². The minimum atomic E-state index is -4.49. The van der Waals surface area contributed by atoms with Gasteiger partial charge in [-0.1, -0.05) is 0 Å². The lowest BCUT2D eigenvalue weighted by Crippen LogP contribution is -2.66. The summed E-state index contributed by atoms with van der Waals surface area (Å²) in [5, 5.41) is 6.57. The van der Waals surface area contributed by atoms with Crippen LogP contribution < -0.4 is 5.32 Å². The summed E-state index contributed by atoms with van der Waals surface area (Å²) in [6.07, 6.45) is 4.38. The fourth-order valence-electron chi connectivity index (χ4n) is 6.28. The van der Waals surface area contributed by atoms with Crippen LogP contribution in [0.15, 0.2) is 18.5 Å². The van der Waals surface area contributed by atoms with Crippen LogP contribution in [0.5, 0.6) is 0 Å². The lowest BCUT2D eigenvalue weighted by atomic mass is 9.65. The lowest BCUT2D eigenvalue weighted by molar-refractivity contribution is -0.141. The van der Waals surface area contributed by atoms with Gasteiger partial charge < -0.3 is 19.9 Å². The Hall–Kier alpha value is -2.89. The zero-order valence-corrected chi connectivity index (χ0v) is 19.8. The summed E-state index contributed by atoms with van der Waals surface area (Å²) in [4.78, 5) is 32.6. The first-order valence-electron chi connectivity index (χ1n) is 12.5. The molecule has 3 amide bonds. The molecule has 2 atom stereocenters. The zero-order valence-electron chi connectivity index (χ0n) is 19.8. The van der Waals surface area contributed by atoms with Crippen LogP contribution in [-0.4, -0.2) is 81.3 Å². The normalized spacial score (nSPS) is 26.6. The SMILES string of the molecule is O=C1CO[C@H]2CCN(C(=O)N3CC4(CCC(Cc5cnc6cc(C(F)(F)F)nn6c5)CC4)C3)C[C@H]2N1. The second-order valence-electron chi connectivity index (χ2n) is 10.8. The number of carbonyl (C=O) groups is 2. The summed E-state index contributed by atoms with van der Waals surface area (Å²) in [5.41, 5.74) is 0.304. The smallest absolute Gasteiger partial charge is 0.366 e. The highest BCUT2D eigenvalue weighted by Gasteiger charge is 2.48. The van der Waals surface area contributed by atoms with Gasteiger partial charge in [0.15, 0.2) is 11.3 Å². The van der Waals surface area contributed by atoms with E-state index in [1.807, 2.05) is 9.80 Å². The maximum Gasteiger partial charge on any atom is 0.435 e. The molecule has 0 aromatic carbocycles. The van der Waals surface area contributed by atoms with E-state index in [2.05, 4.69) is 15.4 Å². The van der Waals surface area contributed by atoms with Crippen molar-refractivity contribution in [3.05, 3.63) is 29.7 Å². The average Bonchev–Trinajstić information content (AvgIpc) is 3.26. The number of morpholine rings is 1. The Bertz CT molecular complexity index is 1170. The van der Waals surface area contributed by atoms with Crippen molar-refractivity contribution in [2.24, 2.45) is 11.3 Å². The first-order chi connectivity index (χ1) is 17.2. The fourth-order valence-corrected chi connectivity index (χ4v) is 6.28. The molecule has 1 aliphatic carbocycles. The number of hydrogen-bond donors (Lipinski definition) is 1. The van der Waals surface area contributed by atoms with Crippen molar-refractivity contribution in [2.45, 2.75) is 56.8 Å². The number of nitrogens with zero attached hydrogens (tertiary/aromatic N) is 5. The number of nitrogens with one attached hydrogen (secondary N) is 1. The topological polar surface area (TPSA) is 92.1 Å². The van der Waals surface area contributed by atoms with Crippen LogP contribution in [0.2, 0.25) is 0 Å². The lowest BCUT2D eigenvalue weighted by Gasteiger charge is -2.55. The molecule has 12 heteroatoms. The van der Waals surface area contributed by atoms with Crippen molar-refractivity contribution >= 4 is 17.6 Å². The predicted octanol–water partition coefficient (Wildman–Crippen LogP) is 2.49. The average molecular weight is 507 g/mol. The standard InChI is InChI=1S/C24H29F3N6O3/c25-24(26,27)19-8-20-28-9-16(10-33(20)30-19)7-15-1-4-23(5-2-15)13-32(14-23)22(35)31-6-3-18-17(11-31)29-21(34)12-36-18/h8-10,15,17-18H,1-7,11-14H2,(H,29,34)/t17-,18+/m1/s1. The van der Waals surface area contributed by atoms with Crippen molar-refractivity contribution < 1.29 is 27.5 Å². The van der Waals surface area contributed by atoms with Crippen molar-refractivity contribution in [2.75, 3.05) is 32.8 Å². The predicted molar refractivity (Wildman–Crippen MR) is 121 cm³/mol. The molecule has 2 aromatic heterocycles. The van der Waals surface area contributed by atoms with Crippen molar-refractivity contribution in [1.82, 2.24) is 29.7 Å². The number of likely N-dealkylation sites (tertiary alicyclic amines) is 2. The number of hydrogen-bond acceptors (Lipinski definition) is 5. The van der Waals surface area contributed by atoms with Crippen LogP contribution in [0.1, 0.15) is 43.4 Å². The summed E-state index contributed by atoms with van der Waals surface area (Å²) in [7, 11) is 0. The van der Waals surface area contributed by atoms with Gasteiger partial charge in [-0.25, -0.2) is 14.3 Å². The molecule has 1 saturated carbocycles. The van der Waals surface area contributed by atoms with Crippen LogP contribution in [0.3, 0.4) is 0 Å². The third-order valence-electron chi connectivity index (χ3n) is 8.27. The molecule has 1 N–H and O–H groups in total. The van der Waals surface area contributed by atoms with Gasteiger partial charge in [0.25, 0.3) is 0 Å². The molecule has 1 spiro atoms. The second-order valence-corrected chi connectivity index (χ2v) is 10.8. The molecule has 4 fully saturated rings. The van der Waals surface area contributed by atoms with E-state index in [9.17, 15) is 22.8 Å². The number of halogens is 3. The van der Waals surface area contributed by atoms with Crippen molar-refractivity contribution in [1.29, 1.82) is 0 Å². The molecule has 6 rings (SSSR count). The maximum atomic E-state index is 13.1. The number of amides is 3. The van der Waals surface area contributed by atoms with E-state index in [0.29, 0.717) is 19.0 Å². The van der Waals surface area contributed by atoms with Crippen LogP contribution in [0.25, 0.3) is 5.65 Å². The molecule has 2 aromatic rings. The van der Waals surface area contributed by atoms with Crippen LogP contribution >= 0.6 is 0 Å². The molecule has 3 aliphatic heterocycles. The Labute approximate surface area is 206 Å². The molecule has 0 unspecified atom stereocenters. The van der Waals surface area contributed by atoms with Gasteiger partial charge in [0, 0.05) is 50.1 Å². The third kappa shape index (κ3) is 4.39. The molecule has 4 aliphatic rings. The molecule has 0 radical (unpaired) electrons. The number of rotatable bonds is 2. The van der Waals surface area contributed by atoms with Crippen LogP contribution in [-0.2, 0) is 22.1 Å². The summed E-state index contributed by atoms with van der Waals surface area (Å²) < 4.78 is 45.6. The van der Waals surface area contributed by atoms with E-state index in [1.165, 1.54) is 4.52 Å². The van der Waals surface area contributed by atoms with Crippen LogP contribution in [0, 0.1) is 11.3 Å². The number of alkyl halides is 3. The Morgan fingerprint density at radius 3 is 2.72 bits per heavy atom. The Morgan fingerprint density at radius 2 is 1.97 bits per heavy atom. The van der Waals surface area contributed by atoms with Gasteiger partial charge in [-0.2, -0.15) is 18.3 Å². The summed E-state index contributed by atoms with van der Waals surface area (Å²) in [6.45, 7) is 2.73. The Morgan fingerprint density at radius 1 is 1.19 bits per heavy atom. The van der Waals surface area contributed by atoms with Gasteiger partial charge in [0.2, 0.25) is 5.91 Å². The van der Waals surface area contributed by atoms with E-state index >= 15 is 0 Å². The molecule has 5 heterocycles. The monoisotopic (exact) mass is 506 g/mol. The summed E-state index contributed by atoms with van der Waals surface area (Å²) in [6, 6.07) is 0.863. The maximum absolute atomic E-state index is 13.1. The number of aromatic nitrogens is 3. The third-order valence-corrected chi connectivity index (χ3v) is 8.27. The molecular formula is C24H29F3N6O3. The summed E-state index contributed by atoms with van der Waals surface area (Å²) >= 11 is 0. The van der Waals surface area contributed by atoms with Gasteiger partial charge in [-0.3, -0.25) is 4.79 Å². The Balaban J connectivity index is 0.997. The first kappa shape index (κ1) is 23.5. The van der Waals surface area contributed by atoms with Gasteiger partial charge >= 0.3 is 12.2 Å². The van der Waals surface area contributed by atoms with Gasteiger partial charge in [0.1, 0.15) is 6.61 Å². The van der Waals surface area contributed by atoms with E-state index in [-0.39, 0.29) is 41.8 Å². The zero-order chi connectivity index (χ0) is 25.1. The number of piperidine rings is 1. The van der Waals surface area contributed by atoms with E-state index in [1.54, 1.807) is 12.4 Å². The number of carbonyl (C=O) groups excluding carboxylic acids is 2. The van der Waals surface area contributed by atoms with Gasteiger partial charge in [-0.15, -0.1) is 0 Å². The minimum absolute atomic E-state index is 0.0133. The van der Waals surface area contributed by atoms with E-state index in [0.717, 1.165) is 63.2 Å². The molecule has 36 heavy (non-hydrogen) atoms. The number of urea groups is 1. The Kier molecular flexibility index (Phi) is 5.62. The highest BCUT2D eigenvalue weighted by atomic mass is 19.4. The fraction of sp³-hybridized carbons (Fsp3) is 0.667. The highest BCUT2D eigenvalue weighted by molar-refractivity contribution is 5.79. The van der Waals surface area contributed by atoms with Crippen molar-refractivity contribution in [3.8, 4) is 0 Å². The first-order valence-corrected chi connectivity index (χ1v) is 12.5. The highest BCUT2D eigenvalue weighted by Crippen LogP contribution is 2.46. The molecular weight excluding hydrogens is 477 g/mol. The minimum Gasteiger partial charge on any atom is -0.366 e. The van der Waals surface area contributed by atoms with Crippen molar-refractivity contribution in [3.63, 3.8) is 0 Å². The largest absolute Gasteiger partial charge is 0.435 e. The molecule has 0 bridgehead atoms. The van der Waals surface area contributed by atoms with Gasteiger partial charge in [0.05, 0.1) is 12.1 Å². The summed E-state index contributed by atoms with van der Waals surface area (Å²) in [5.74, 6) is 0.308. The molecule has 3 saturated heterocycles. The second kappa shape index (κ2) is 8.60. The quantitative estimate of drug-likeness (QED) is 0.676. The van der Waals surface area contributed by atoms with Crippen LogP contribution in [0.4, 0.5) is 18.0 Å². The van der Waals surface area contributed by atoms with E-state index in [4.69, 9.17) is 4.74 Å². The molecule has 194 valence electrons. The number of fused-ring (bicyclic) bond motifs is 2.